The zero-order valence-corrected chi connectivity index (χ0v) is 21.8. The van der Waals surface area contributed by atoms with E-state index in [0.717, 1.165) is 5.56 Å². The van der Waals surface area contributed by atoms with Crippen LogP contribution in [0.4, 0.5) is 0 Å². The summed E-state index contributed by atoms with van der Waals surface area (Å²) in [4.78, 5) is 32.5. The van der Waals surface area contributed by atoms with Crippen molar-refractivity contribution in [1.29, 1.82) is 0 Å². The van der Waals surface area contributed by atoms with E-state index >= 15 is 0 Å². The molecule has 37 heavy (non-hydrogen) atoms. The molecule has 1 unspecified atom stereocenters. The van der Waals surface area contributed by atoms with E-state index in [0.29, 0.717) is 34.9 Å². The zero-order valence-electron chi connectivity index (χ0n) is 21.8. The predicted molar refractivity (Wildman–Crippen MR) is 141 cm³/mol. The minimum absolute atomic E-state index is 0.0261. The van der Waals surface area contributed by atoms with Gasteiger partial charge in [-0.2, -0.15) is 0 Å². The second-order valence-electron chi connectivity index (χ2n) is 9.92. The summed E-state index contributed by atoms with van der Waals surface area (Å²) in [6.45, 7) is 8.69. The van der Waals surface area contributed by atoms with Gasteiger partial charge < -0.3 is 19.5 Å². The van der Waals surface area contributed by atoms with Crippen LogP contribution < -0.4 is 9.47 Å². The first-order valence-corrected chi connectivity index (χ1v) is 12.3. The molecule has 1 amide bonds. The lowest BCUT2D eigenvalue weighted by molar-refractivity contribution is -0.140. The summed E-state index contributed by atoms with van der Waals surface area (Å²) in [5.74, 6) is -0.374. The first kappa shape index (κ1) is 25.9. The molecule has 192 valence electrons. The first-order valence-electron chi connectivity index (χ1n) is 12.3. The number of carbonyl (C=O) groups is 2. The van der Waals surface area contributed by atoms with Crippen molar-refractivity contribution >= 4 is 17.4 Å². The second kappa shape index (κ2) is 10.5. The van der Waals surface area contributed by atoms with Crippen molar-refractivity contribution in [3.63, 3.8) is 0 Å². The third-order valence-electron chi connectivity index (χ3n) is 6.37. The summed E-state index contributed by atoms with van der Waals surface area (Å²) in [5, 5.41) is 11.6. The molecule has 3 aromatic rings. The highest BCUT2D eigenvalue weighted by atomic mass is 16.5. The average Bonchev–Trinajstić information content (AvgIpc) is 3.13. The number of Topliss-reactive ketones (excluding diaryl/α,β-unsaturated/α-hetero) is 1. The normalized spacial score (nSPS) is 17.2. The maximum absolute atomic E-state index is 13.4. The molecule has 2 heterocycles. The number of nitrogens with zero attached hydrogens (tertiary/aromatic N) is 2. The van der Waals surface area contributed by atoms with Gasteiger partial charge in [0.1, 0.15) is 17.3 Å². The minimum atomic E-state index is -0.818. The van der Waals surface area contributed by atoms with Crippen LogP contribution in [0.3, 0.4) is 0 Å². The molecule has 1 aliphatic rings. The Hall–Kier alpha value is -4.13. The van der Waals surface area contributed by atoms with Gasteiger partial charge in [-0.15, -0.1) is 0 Å². The van der Waals surface area contributed by atoms with Crippen molar-refractivity contribution in [1.82, 2.24) is 9.88 Å². The topological polar surface area (TPSA) is 89.0 Å². The summed E-state index contributed by atoms with van der Waals surface area (Å²) < 4.78 is 11.2. The number of aliphatic hydroxyl groups excluding tert-OH is 1. The van der Waals surface area contributed by atoms with Crippen LogP contribution in [-0.4, -0.2) is 40.4 Å². The van der Waals surface area contributed by atoms with Gasteiger partial charge in [-0.3, -0.25) is 14.6 Å². The van der Waals surface area contributed by atoms with Gasteiger partial charge in [0.15, 0.2) is 0 Å². The molecule has 7 heteroatoms. The Kier molecular flexibility index (Phi) is 7.34. The van der Waals surface area contributed by atoms with E-state index in [9.17, 15) is 14.7 Å². The van der Waals surface area contributed by atoms with Gasteiger partial charge in [-0.05, 0) is 60.4 Å². The number of carbonyl (C=O) groups excluding carboxylic acids is 2. The van der Waals surface area contributed by atoms with Crippen molar-refractivity contribution in [2.75, 3.05) is 13.7 Å². The monoisotopic (exact) mass is 500 g/mol. The largest absolute Gasteiger partial charge is 0.507 e. The zero-order chi connectivity index (χ0) is 26.7. The van der Waals surface area contributed by atoms with E-state index in [-0.39, 0.29) is 23.3 Å². The van der Waals surface area contributed by atoms with Crippen LogP contribution >= 0.6 is 0 Å². The number of aliphatic hydroxyl groups is 1. The maximum Gasteiger partial charge on any atom is 0.296 e. The van der Waals surface area contributed by atoms with Crippen LogP contribution in [0, 0.1) is 0 Å². The number of likely N-dealkylation sites (tertiary alicyclic amines) is 1. The van der Waals surface area contributed by atoms with Gasteiger partial charge in [0.2, 0.25) is 0 Å². The minimum Gasteiger partial charge on any atom is -0.507 e. The lowest BCUT2D eigenvalue weighted by Gasteiger charge is -2.26. The molecule has 7 nitrogen and oxygen atoms in total. The van der Waals surface area contributed by atoms with E-state index in [4.69, 9.17) is 9.47 Å². The van der Waals surface area contributed by atoms with Crippen molar-refractivity contribution in [2.45, 2.75) is 45.7 Å². The standard InChI is InChI=1S/C30H32N2O5/c1-6-37-24-14-13-20(17-23(24)30(2,3)4)27(33)25-26(19-10-9-12-22(16-19)36-5)32(29(35)28(25)34)18-21-11-7-8-15-31-21/h7-17,26,33H,6,18H2,1-5H3/b27-25-. The lowest BCUT2D eigenvalue weighted by Crippen LogP contribution is -2.29. The van der Waals surface area contributed by atoms with Gasteiger partial charge in [-0.25, -0.2) is 0 Å². The first-order chi connectivity index (χ1) is 17.7. The molecule has 1 saturated heterocycles. The van der Waals surface area contributed by atoms with E-state index < -0.39 is 17.7 Å². The van der Waals surface area contributed by atoms with Crippen molar-refractivity contribution in [3.8, 4) is 11.5 Å². The molecule has 0 bridgehead atoms. The third-order valence-corrected chi connectivity index (χ3v) is 6.37. The van der Waals surface area contributed by atoms with Gasteiger partial charge >= 0.3 is 0 Å². The number of ether oxygens (including phenoxy) is 2. The van der Waals surface area contributed by atoms with Gasteiger partial charge in [-0.1, -0.05) is 39.0 Å². The molecule has 4 rings (SSSR count). The van der Waals surface area contributed by atoms with Crippen LogP contribution in [0.1, 0.15) is 56.1 Å². The summed E-state index contributed by atoms with van der Waals surface area (Å²) in [6.07, 6.45) is 1.64. The van der Waals surface area contributed by atoms with Crippen LogP contribution in [0.5, 0.6) is 11.5 Å². The SMILES string of the molecule is CCOc1ccc(/C(O)=C2/C(=O)C(=O)N(Cc3ccccn3)C2c2cccc(OC)c2)cc1C(C)(C)C. The smallest absolute Gasteiger partial charge is 0.296 e. The molecular formula is C30H32N2O5. The Balaban J connectivity index is 1.90. The predicted octanol–water partition coefficient (Wildman–Crippen LogP) is 5.41. The fourth-order valence-electron chi connectivity index (χ4n) is 4.57. The maximum atomic E-state index is 13.4. The second-order valence-corrected chi connectivity index (χ2v) is 9.92. The van der Waals surface area contributed by atoms with Crippen molar-refractivity contribution in [3.05, 3.63) is 94.8 Å². The highest BCUT2D eigenvalue weighted by Gasteiger charge is 2.46. The van der Waals surface area contributed by atoms with Gasteiger partial charge in [0.05, 0.1) is 37.6 Å². The molecular weight excluding hydrogens is 468 g/mol. The Morgan fingerprint density at radius 1 is 1.05 bits per heavy atom. The van der Waals surface area contributed by atoms with E-state index in [1.165, 1.54) is 4.90 Å². The fourth-order valence-corrected chi connectivity index (χ4v) is 4.57. The molecule has 1 fully saturated rings. The number of benzene rings is 2. The third kappa shape index (κ3) is 5.21. The van der Waals surface area contributed by atoms with Crippen molar-refractivity contribution in [2.24, 2.45) is 0 Å². The summed E-state index contributed by atoms with van der Waals surface area (Å²) in [5.41, 5.74) is 2.36. The van der Waals surface area contributed by atoms with Gasteiger partial charge in [0, 0.05) is 17.3 Å². The number of amides is 1. The molecule has 0 saturated carbocycles. The van der Waals surface area contributed by atoms with Crippen LogP contribution in [0.15, 0.2) is 72.4 Å². The highest BCUT2D eigenvalue weighted by Crippen LogP contribution is 2.42. The average molecular weight is 501 g/mol. The quantitative estimate of drug-likeness (QED) is 0.265. The molecule has 0 spiro atoms. The highest BCUT2D eigenvalue weighted by molar-refractivity contribution is 6.46. The Morgan fingerprint density at radius 2 is 1.84 bits per heavy atom. The molecule has 0 radical (unpaired) electrons. The Labute approximate surface area is 217 Å². The van der Waals surface area contributed by atoms with Gasteiger partial charge in [0.25, 0.3) is 11.7 Å². The fraction of sp³-hybridized carbons (Fsp3) is 0.300. The lowest BCUT2D eigenvalue weighted by atomic mass is 9.84. The molecule has 1 aromatic heterocycles. The number of hydrogen-bond acceptors (Lipinski definition) is 6. The molecule has 2 aromatic carbocycles. The number of ketones is 1. The van der Waals surface area contributed by atoms with Crippen LogP contribution in [0.25, 0.3) is 5.76 Å². The van der Waals surface area contributed by atoms with E-state index in [2.05, 4.69) is 25.8 Å². The van der Waals surface area contributed by atoms with E-state index in [1.807, 2.05) is 25.1 Å². The molecule has 1 atom stereocenters. The molecule has 0 aliphatic carbocycles. The van der Waals surface area contributed by atoms with Crippen LogP contribution in [0.2, 0.25) is 0 Å². The van der Waals surface area contributed by atoms with E-state index in [1.54, 1.807) is 55.8 Å². The summed E-state index contributed by atoms with van der Waals surface area (Å²) in [6, 6.07) is 17.1. The van der Waals surface area contributed by atoms with Crippen LogP contribution in [-0.2, 0) is 21.5 Å². The summed E-state index contributed by atoms with van der Waals surface area (Å²) >= 11 is 0. The number of pyridine rings is 1. The Bertz CT molecular complexity index is 1340. The Morgan fingerprint density at radius 3 is 2.49 bits per heavy atom. The number of rotatable bonds is 7. The number of methoxy groups -OCH3 is 1. The number of aromatic nitrogens is 1. The number of hydrogen-bond donors (Lipinski definition) is 1. The molecule has 1 aliphatic heterocycles. The summed E-state index contributed by atoms with van der Waals surface area (Å²) in [7, 11) is 1.55. The molecule has 1 N–H and O–H groups in total. The van der Waals surface area contributed by atoms with Crippen molar-refractivity contribution < 1.29 is 24.2 Å².